The Morgan fingerprint density at radius 3 is 1.89 bits per heavy atom. The fraction of sp³-hybridized carbons (Fsp3) is 0.382. The summed E-state index contributed by atoms with van der Waals surface area (Å²) >= 11 is 0. The molecule has 4 rings (SSSR count). The number of hydrogen-bond donors (Lipinski definition) is 2. The number of ether oxygens (including phenoxy) is 3. The van der Waals surface area contributed by atoms with Crippen LogP contribution < -0.4 is 15.4 Å². The zero-order valence-electron chi connectivity index (χ0n) is 27.1. The summed E-state index contributed by atoms with van der Waals surface area (Å²) in [6.07, 6.45) is 1.24. The maximum Gasteiger partial charge on any atom is 0.407 e. The van der Waals surface area contributed by atoms with Gasteiger partial charge in [-0.25, -0.2) is 19.4 Å². The molecular weight excluding hydrogens is 592 g/mol. The predicted molar refractivity (Wildman–Crippen MR) is 170 cm³/mol. The first kappa shape index (κ1) is 33.9. The summed E-state index contributed by atoms with van der Waals surface area (Å²) in [7, 11) is 0. The lowest BCUT2D eigenvalue weighted by atomic mass is 10.1. The molecule has 1 aliphatic rings. The number of fused-ring (bicyclic) bond motifs is 1. The largest absolute Gasteiger partial charge is 0.490 e. The monoisotopic (exact) mass is 632 g/mol. The molecular formula is C34H40N4O8. The maximum absolute atomic E-state index is 13.3. The summed E-state index contributed by atoms with van der Waals surface area (Å²) in [6.45, 7) is 12.4. The van der Waals surface area contributed by atoms with Gasteiger partial charge >= 0.3 is 12.1 Å². The number of hydroxylamine groups is 2. The Morgan fingerprint density at radius 2 is 1.35 bits per heavy atom. The molecule has 3 aromatic rings. The summed E-state index contributed by atoms with van der Waals surface area (Å²) in [5.74, 6) is -1.07. The van der Waals surface area contributed by atoms with Crippen molar-refractivity contribution in [2.75, 3.05) is 25.0 Å². The van der Waals surface area contributed by atoms with Crippen LogP contribution in [0.3, 0.4) is 0 Å². The third-order valence-corrected chi connectivity index (χ3v) is 6.44. The Bertz CT molecular complexity index is 1540. The Labute approximate surface area is 268 Å². The van der Waals surface area contributed by atoms with E-state index >= 15 is 0 Å². The summed E-state index contributed by atoms with van der Waals surface area (Å²) in [6, 6.07) is 17.2. The van der Waals surface area contributed by atoms with Crippen LogP contribution in [0.4, 0.5) is 10.6 Å². The van der Waals surface area contributed by atoms with E-state index in [9.17, 15) is 19.2 Å². The molecule has 1 atom stereocenters. The molecule has 2 N–H and O–H groups in total. The second-order valence-electron chi connectivity index (χ2n) is 12.9. The van der Waals surface area contributed by atoms with E-state index in [1.165, 1.54) is 19.1 Å². The number of aromatic nitrogens is 1. The molecule has 0 saturated carbocycles. The summed E-state index contributed by atoms with van der Waals surface area (Å²) in [5.41, 5.74) is -1.16. The van der Waals surface area contributed by atoms with E-state index in [4.69, 9.17) is 19.0 Å². The number of alkyl carbamates (subject to hydrolysis) is 1. The van der Waals surface area contributed by atoms with Gasteiger partial charge in [0.2, 0.25) is 5.60 Å². The number of carbonyl (C=O) groups excluding carboxylic acids is 4. The minimum absolute atomic E-state index is 0.184. The standard InChI is InChI=1S/C34H40N4O8/c1-32(2,3)44-30(41)34(7,46-38-28(39)25-10-8-9-11-26(25)29(38)40)21-43-24-15-12-22(13-16-24)23-14-17-27(37-20-23)35-18-19-36-31(42)45-33(4,5)6/h8-17,20H,18-19,21H2,1-7H3,(H,35,37)(H,36,42). The molecule has 2 heterocycles. The molecule has 12 nitrogen and oxygen atoms in total. The lowest BCUT2D eigenvalue weighted by Crippen LogP contribution is -2.52. The molecule has 1 unspecified atom stereocenters. The molecule has 46 heavy (non-hydrogen) atoms. The molecule has 3 amide bonds. The van der Waals surface area contributed by atoms with Crippen molar-refractivity contribution in [2.24, 2.45) is 0 Å². The summed E-state index contributed by atoms with van der Waals surface area (Å²) < 4.78 is 16.7. The van der Waals surface area contributed by atoms with Gasteiger partial charge in [-0.2, -0.15) is 0 Å². The Balaban J connectivity index is 1.37. The average Bonchev–Trinajstić information content (AvgIpc) is 3.22. The molecule has 1 aliphatic heterocycles. The summed E-state index contributed by atoms with van der Waals surface area (Å²) in [4.78, 5) is 61.2. The van der Waals surface area contributed by atoms with E-state index in [1.807, 2.05) is 24.3 Å². The third kappa shape index (κ3) is 8.81. The Hall–Kier alpha value is -4.97. The van der Waals surface area contributed by atoms with Gasteiger partial charge in [0.1, 0.15) is 29.4 Å². The number of nitrogens with one attached hydrogen (secondary N) is 2. The molecule has 0 saturated heterocycles. The smallest absolute Gasteiger partial charge is 0.407 e. The lowest BCUT2D eigenvalue weighted by Gasteiger charge is -2.32. The number of hydrogen-bond acceptors (Lipinski definition) is 10. The number of carbonyl (C=O) groups is 4. The van der Waals surface area contributed by atoms with Crippen LogP contribution in [0.5, 0.6) is 5.75 Å². The second-order valence-corrected chi connectivity index (χ2v) is 12.9. The van der Waals surface area contributed by atoms with Gasteiger partial charge in [-0.15, -0.1) is 5.06 Å². The van der Waals surface area contributed by atoms with Crippen LogP contribution in [0.15, 0.2) is 66.9 Å². The number of amides is 3. The van der Waals surface area contributed by atoms with Crippen LogP contribution in [-0.4, -0.2) is 70.4 Å². The average molecular weight is 633 g/mol. The van der Waals surface area contributed by atoms with Gasteiger partial charge in [0.15, 0.2) is 0 Å². The molecule has 0 spiro atoms. The molecule has 0 bridgehead atoms. The van der Waals surface area contributed by atoms with Crippen LogP contribution in [0.1, 0.15) is 69.2 Å². The molecule has 244 valence electrons. The second kappa shape index (κ2) is 13.6. The van der Waals surface area contributed by atoms with Crippen molar-refractivity contribution in [3.8, 4) is 16.9 Å². The first-order valence-corrected chi connectivity index (χ1v) is 14.9. The topological polar surface area (TPSA) is 145 Å². The maximum atomic E-state index is 13.3. The van der Waals surface area contributed by atoms with Crippen LogP contribution >= 0.6 is 0 Å². The number of nitrogens with zero attached hydrogens (tertiary/aromatic N) is 2. The van der Waals surface area contributed by atoms with E-state index in [1.54, 1.807) is 72.0 Å². The van der Waals surface area contributed by atoms with Crippen LogP contribution in [0.2, 0.25) is 0 Å². The van der Waals surface area contributed by atoms with E-state index < -0.39 is 40.7 Å². The fourth-order valence-corrected chi connectivity index (χ4v) is 4.26. The molecule has 0 fully saturated rings. The number of rotatable bonds is 11. The van der Waals surface area contributed by atoms with Gasteiger partial charge in [-0.3, -0.25) is 9.59 Å². The van der Waals surface area contributed by atoms with Gasteiger partial charge in [-0.05, 0) is 90.4 Å². The van der Waals surface area contributed by atoms with Crippen molar-refractivity contribution in [1.82, 2.24) is 15.4 Å². The fourth-order valence-electron chi connectivity index (χ4n) is 4.26. The van der Waals surface area contributed by atoms with Gasteiger partial charge < -0.3 is 24.8 Å². The van der Waals surface area contributed by atoms with E-state index in [2.05, 4.69) is 15.6 Å². The minimum atomic E-state index is -1.84. The highest BCUT2D eigenvalue weighted by Crippen LogP contribution is 2.29. The number of pyridine rings is 1. The zero-order valence-corrected chi connectivity index (χ0v) is 27.1. The number of benzene rings is 2. The van der Waals surface area contributed by atoms with Crippen molar-refractivity contribution in [3.05, 3.63) is 78.0 Å². The highest BCUT2D eigenvalue weighted by atomic mass is 16.7. The van der Waals surface area contributed by atoms with Crippen LogP contribution in [0, 0.1) is 0 Å². The highest BCUT2D eigenvalue weighted by Gasteiger charge is 2.47. The van der Waals surface area contributed by atoms with Gasteiger partial charge in [0.05, 0.1) is 11.1 Å². The van der Waals surface area contributed by atoms with Crippen molar-refractivity contribution in [3.63, 3.8) is 0 Å². The zero-order chi connectivity index (χ0) is 33.7. The summed E-state index contributed by atoms with van der Waals surface area (Å²) in [5, 5.41) is 6.42. The van der Waals surface area contributed by atoms with Crippen molar-refractivity contribution in [1.29, 1.82) is 0 Å². The molecule has 1 aromatic heterocycles. The normalized spacial score (nSPS) is 14.3. The van der Waals surface area contributed by atoms with Crippen LogP contribution in [0.25, 0.3) is 11.1 Å². The van der Waals surface area contributed by atoms with Crippen LogP contribution in [-0.2, 0) is 19.1 Å². The Kier molecular flexibility index (Phi) is 10.0. The number of anilines is 1. The molecule has 12 heteroatoms. The van der Waals surface area contributed by atoms with E-state index in [0.29, 0.717) is 29.7 Å². The SMILES string of the molecule is CC(C)(C)OC(=O)NCCNc1ccc(-c2ccc(OCC(C)(ON3C(=O)c4ccccc4C3=O)C(=O)OC(C)(C)C)cc2)cn1. The van der Waals surface area contributed by atoms with Gasteiger partial charge in [0, 0.05) is 24.8 Å². The number of esters is 1. The van der Waals surface area contributed by atoms with Crippen molar-refractivity contribution in [2.45, 2.75) is 65.3 Å². The van der Waals surface area contributed by atoms with Gasteiger partial charge in [0.25, 0.3) is 11.8 Å². The molecule has 0 radical (unpaired) electrons. The quantitative estimate of drug-likeness (QED) is 0.160. The van der Waals surface area contributed by atoms with Crippen molar-refractivity contribution >= 4 is 29.7 Å². The number of imide groups is 1. The predicted octanol–water partition coefficient (Wildman–Crippen LogP) is 5.39. The van der Waals surface area contributed by atoms with E-state index in [0.717, 1.165) is 11.1 Å². The highest BCUT2D eigenvalue weighted by molar-refractivity contribution is 6.20. The molecule has 2 aromatic carbocycles. The lowest BCUT2D eigenvalue weighted by molar-refractivity contribution is -0.221. The van der Waals surface area contributed by atoms with Crippen molar-refractivity contribution < 1.29 is 38.2 Å². The Morgan fingerprint density at radius 1 is 0.761 bits per heavy atom. The van der Waals surface area contributed by atoms with E-state index in [-0.39, 0.29) is 17.7 Å². The third-order valence-electron chi connectivity index (χ3n) is 6.44. The first-order valence-electron chi connectivity index (χ1n) is 14.9. The minimum Gasteiger partial charge on any atom is -0.490 e. The first-order chi connectivity index (χ1) is 21.5. The molecule has 0 aliphatic carbocycles. The van der Waals surface area contributed by atoms with Gasteiger partial charge in [-0.1, -0.05) is 24.3 Å².